The normalized spacial score (nSPS) is 17.6. The topological polar surface area (TPSA) is 162 Å². The fourth-order valence-electron chi connectivity index (χ4n) is 4.65. The van der Waals surface area contributed by atoms with Crippen molar-refractivity contribution in [2.45, 2.75) is 35.2 Å². The average molecular weight is 638 g/mol. The number of aromatic amines is 1. The fraction of sp³-hybridized carbons (Fsp3) is 0.192. The largest absolute Gasteiger partial charge is 0.417 e. The molecule has 0 saturated carbocycles. The van der Waals surface area contributed by atoms with E-state index in [1.807, 2.05) is 10.8 Å². The van der Waals surface area contributed by atoms with Gasteiger partial charge in [0.25, 0.3) is 0 Å². The summed E-state index contributed by atoms with van der Waals surface area (Å²) < 4.78 is 96.0. The van der Waals surface area contributed by atoms with Crippen molar-refractivity contribution in [3.8, 4) is 6.07 Å². The highest BCUT2D eigenvalue weighted by molar-refractivity contribution is 7.90. The van der Waals surface area contributed by atoms with Crippen molar-refractivity contribution < 1.29 is 34.8 Å². The third-order valence-electron chi connectivity index (χ3n) is 6.62. The minimum atomic E-state index is -4.90. The third-order valence-corrected chi connectivity index (χ3v) is 10.1. The highest BCUT2D eigenvalue weighted by atomic mass is 35.5. The number of nitrogens with zero attached hydrogens (tertiary/aromatic N) is 2. The number of halogens is 4. The molecule has 0 radical (unpaired) electrons. The van der Waals surface area contributed by atoms with Crippen molar-refractivity contribution in [3.63, 3.8) is 0 Å². The second-order valence-corrected chi connectivity index (χ2v) is 13.4. The van der Waals surface area contributed by atoms with Crippen LogP contribution in [0, 0.1) is 11.3 Å². The molecule has 42 heavy (non-hydrogen) atoms. The molecule has 5 rings (SSSR count). The number of rotatable bonds is 7. The van der Waals surface area contributed by atoms with Crippen LogP contribution in [0.2, 0.25) is 5.02 Å². The summed E-state index contributed by atoms with van der Waals surface area (Å²) in [7, 11) is -8.62. The highest BCUT2D eigenvalue weighted by Gasteiger charge is 2.39. The minimum absolute atomic E-state index is 0.0451. The number of fused-ring (bicyclic) bond motifs is 1. The van der Waals surface area contributed by atoms with Gasteiger partial charge in [-0.1, -0.05) is 35.9 Å². The molecule has 2 heterocycles. The van der Waals surface area contributed by atoms with Gasteiger partial charge in [-0.25, -0.2) is 26.5 Å². The van der Waals surface area contributed by atoms with Crippen LogP contribution in [0.25, 0.3) is 11.0 Å². The molecule has 3 N–H and O–H groups in total. The molecule has 218 valence electrons. The lowest BCUT2D eigenvalue weighted by molar-refractivity contribution is -0.137. The molecule has 1 unspecified atom stereocenters. The number of nitriles is 1. The summed E-state index contributed by atoms with van der Waals surface area (Å²) in [5.74, 6) is -0.566. The van der Waals surface area contributed by atoms with Gasteiger partial charge >= 0.3 is 6.18 Å². The van der Waals surface area contributed by atoms with Crippen molar-refractivity contribution in [1.29, 1.82) is 5.26 Å². The number of alkyl halides is 3. The van der Waals surface area contributed by atoms with Gasteiger partial charge in [0.2, 0.25) is 26.0 Å². The van der Waals surface area contributed by atoms with Crippen LogP contribution < -0.4 is 9.44 Å². The quantitative estimate of drug-likeness (QED) is 0.273. The Balaban J connectivity index is 1.54. The summed E-state index contributed by atoms with van der Waals surface area (Å²) in [5, 5.41) is 7.81. The number of imidazole rings is 1. The van der Waals surface area contributed by atoms with Gasteiger partial charge in [0.05, 0.1) is 50.6 Å². The number of H-pyrrole nitrogens is 1. The summed E-state index contributed by atoms with van der Waals surface area (Å²) in [5.41, 5.74) is 0.178. The molecule has 1 saturated heterocycles. The Kier molecular flexibility index (Phi) is 7.52. The summed E-state index contributed by atoms with van der Waals surface area (Å²) >= 11 is 5.66. The smallest absolute Gasteiger partial charge is 0.341 e. The molecule has 1 aliphatic heterocycles. The molecule has 16 heteroatoms. The van der Waals surface area contributed by atoms with Gasteiger partial charge in [-0.05, 0) is 53.9 Å². The first-order valence-corrected chi connectivity index (χ1v) is 15.5. The molecular weight excluding hydrogens is 619 g/mol. The monoisotopic (exact) mass is 637 g/mol. The Hall–Kier alpha value is -3.97. The molecular formula is C26H19ClF3N5O5S2. The number of carbonyl (C=O) groups is 1. The summed E-state index contributed by atoms with van der Waals surface area (Å²) in [6.45, 7) is 0. The third kappa shape index (κ3) is 5.84. The van der Waals surface area contributed by atoms with Crippen molar-refractivity contribution in [2.75, 3.05) is 0 Å². The molecule has 0 spiro atoms. The van der Waals surface area contributed by atoms with Gasteiger partial charge in [0.1, 0.15) is 11.1 Å². The van der Waals surface area contributed by atoms with Gasteiger partial charge in [-0.15, -0.1) is 0 Å². The predicted molar refractivity (Wildman–Crippen MR) is 145 cm³/mol. The van der Waals surface area contributed by atoms with E-state index in [-0.39, 0.29) is 29.8 Å². The van der Waals surface area contributed by atoms with E-state index >= 15 is 0 Å². The minimum Gasteiger partial charge on any atom is -0.341 e. The van der Waals surface area contributed by atoms with E-state index in [1.165, 1.54) is 18.2 Å². The van der Waals surface area contributed by atoms with Gasteiger partial charge in [-0.3, -0.25) is 9.52 Å². The molecule has 0 bridgehead atoms. The highest BCUT2D eigenvalue weighted by Crippen LogP contribution is 2.37. The lowest BCUT2D eigenvalue weighted by Crippen LogP contribution is -2.31. The van der Waals surface area contributed by atoms with Crippen LogP contribution in [0.4, 0.5) is 13.2 Å². The van der Waals surface area contributed by atoms with E-state index in [4.69, 9.17) is 11.6 Å². The van der Waals surface area contributed by atoms with Gasteiger partial charge in [-0.2, -0.15) is 18.4 Å². The van der Waals surface area contributed by atoms with Gasteiger partial charge in [0.15, 0.2) is 0 Å². The van der Waals surface area contributed by atoms with E-state index in [9.17, 15) is 40.1 Å². The number of benzene rings is 3. The van der Waals surface area contributed by atoms with Gasteiger partial charge < -0.3 is 4.98 Å². The maximum atomic E-state index is 13.4. The Labute approximate surface area is 242 Å². The van der Waals surface area contributed by atoms with Crippen molar-refractivity contribution >= 4 is 48.6 Å². The first-order valence-electron chi connectivity index (χ1n) is 12.1. The first-order chi connectivity index (χ1) is 19.7. The lowest BCUT2D eigenvalue weighted by atomic mass is 9.97. The zero-order chi connectivity index (χ0) is 30.4. The Morgan fingerprint density at radius 3 is 2.52 bits per heavy atom. The van der Waals surface area contributed by atoms with Crippen LogP contribution in [0.5, 0.6) is 0 Å². The van der Waals surface area contributed by atoms with E-state index < -0.39 is 58.9 Å². The number of carbonyl (C=O) groups excluding carboxylic acids is 1. The summed E-state index contributed by atoms with van der Waals surface area (Å²) in [6.07, 6.45) is -5.40. The molecule has 1 aromatic heterocycles. The molecule has 0 aliphatic carbocycles. The Morgan fingerprint density at radius 1 is 1.14 bits per heavy atom. The Morgan fingerprint density at radius 2 is 1.88 bits per heavy atom. The van der Waals surface area contributed by atoms with Crippen molar-refractivity contribution in [2.24, 2.45) is 0 Å². The predicted octanol–water partition coefficient (Wildman–Crippen LogP) is 4.26. The zero-order valence-corrected chi connectivity index (χ0v) is 23.5. The number of amides is 1. The number of hydrogen-bond donors (Lipinski definition) is 3. The molecule has 2 atom stereocenters. The molecule has 1 aliphatic rings. The standard InChI is InChI=1S/C26H19ClF3N5O5S2/c27-19-8-6-16(11-18(19)26(28,29)30)41(37,38)34-22(25-32-20-3-1-2-4-21(20)33-25)10-14-5-7-17(15(9-14)13-31)23-12-24(36)35-42(23,39)40/h1-9,11,22-23,34H,10,12H2,(H,32,33)(H,35,36)/t22-,23?/m0/s1. The fourth-order valence-corrected chi connectivity index (χ4v) is 7.55. The summed E-state index contributed by atoms with van der Waals surface area (Å²) in [4.78, 5) is 18.5. The SMILES string of the molecule is N#Cc1cc(C[C@H](NS(=O)(=O)c2ccc(Cl)c(C(F)(F)F)c2)c2nc3ccccc3[nH]2)ccc1C1CC(=O)NS1(=O)=O. The van der Waals surface area contributed by atoms with Crippen LogP contribution in [0.3, 0.4) is 0 Å². The van der Waals surface area contributed by atoms with Crippen LogP contribution in [-0.4, -0.2) is 32.7 Å². The van der Waals surface area contributed by atoms with E-state index in [0.717, 1.165) is 12.1 Å². The first kappa shape index (κ1) is 29.5. The molecule has 3 aromatic carbocycles. The number of hydrogen-bond acceptors (Lipinski definition) is 7. The van der Waals surface area contributed by atoms with Gasteiger partial charge in [0, 0.05) is 0 Å². The van der Waals surface area contributed by atoms with Crippen LogP contribution >= 0.6 is 11.6 Å². The lowest BCUT2D eigenvalue weighted by Gasteiger charge is -2.19. The second-order valence-electron chi connectivity index (χ2n) is 9.45. The number of nitrogens with one attached hydrogen (secondary N) is 3. The molecule has 4 aromatic rings. The van der Waals surface area contributed by atoms with E-state index in [1.54, 1.807) is 24.3 Å². The second kappa shape index (κ2) is 10.7. The van der Waals surface area contributed by atoms with E-state index in [2.05, 4.69) is 14.7 Å². The van der Waals surface area contributed by atoms with Crippen LogP contribution in [0.15, 0.2) is 65.6 Å². The summed E-state index contributed by atoms with van der Waals surface area (Å²) in [6, 6.07) is 14.0. The molecule has 1 amide bonds. The van der Waals surface area contributed by atoms with Crippen molar-refractivity contribution in [1.82, 2.24) is 19.4 Å². The number of aromatic nitrogens is 2. The molecule has 1 fully saturated rings. The Bertz CT molecular complexity index is 1960. The number of para-hydroxylation sites is 2. The molecule has 10 nitrogen and oxygen atoms in total. The zero-order valence-electron chi connectivity index (χ0n) is 21.1. The van der Waals surface area contributed by atoms with E-state index in [0.29, 0.717) is 22.7 Å². The average Bonchev–Trinajstić information content (AvgIpc) is 3.46. The maximum absolute atomic E-state index is 13.4. The van der Waals surface area contributed by atoms with Crippen LogP contribution in [-0.2, 0) is 37.4 Å². The van der Waals surface area contributed by atoms with Crippen molar-refractivity contribution in [3.05, 3.63) is 93.8 Å². The maximum Gasteiger partial charge on any atom is 0.417 e. The van der Waals surface area contributed by atoms with Crippen LogP contribution in [0.1, 0.15) is 45.8 Å². The number of sulfonamides is 2.